The zero-order chi connectivity index (χ0) is 14.2. The Labute approximate surface area is 119 Å². The third kappa shape index (κ3) is 4.84. The van der Waals surface area contributed by atoms with Gasteiger partial charge in [0, 0.05) is 31.5 Å². The van der Waals surface area contributed by atoms with Gasteiger partial charge in [0.25, 0.3) is 0 Å². The molecule has 5 nitrogen and oxygen atoms in total. The molecule has 0 unspecified atom stereocenters. The highest BCUT2D eigenvalue weighted by molar-refractivity contribution is 5.46. The molecule has 0 bridgehead atoms. The van der Waals surface area contributed by atoms with Crippen molar-refractivity contribution in [2.75, 3.05) is 17.2 Å². The van der Waals surface area contributed by atoms with Gasteiger partial charge in [0.1, 0.15) is 18.0 Å². The Balaban J connectivity index is 1.86. The molecule has 5 heteroatoms. The molecule has 0 saturated carbocycles. The summed E-state index contributed by atoms with van der Waals surface area (Å²) in [6, 6.07) is 5.90. The highest BCUT2D eigenvalue weighted by Crippen LogP contribution is 2.10. The normalized spacial score (nSPS) is 10.6. The van der Waals surface area contributed by atoms with Crippen molar-refractivity contribution in [1.29, 1.82) is 0 Å². The summed E-state index contributed by atoms with van der Waals surface area (Å²) in [5.74, 6) is 2.37. The number of aromatic nitrogens is 3. The number of anilines is 2. The second-order valence-electron chi connectivity index (χ2n) is 5.11. The van der Waals surface area contributed by atoms with E-state index in [9.17, 15) is 0 Å². The quantitative estimate of drug-likeness (QED) is 0.810. The molecule has 0 atom stereocenters. The lowest BCUT2D eigenvalue weighted by Gasteiger charge is -2.09. The van der Waals surface area contributed by atoms with E-state index in [2.05, 4.69) is 39.4 Å². The minimum absolute atomic E-state index is 0.689. The van der Waals surface area contributed by atoms with E-state index in [0.29, 0.717) is 5.92 Å². The molecule has 0 spiro atoms. The number of hydrogen-bond acceptors (Lipinski definition) is 5. The van der Waals surface area contributed by atoms with E-state index in [-0.39, 0.29) is 0 Å². The van der Waals surface area contributed by atoms with Crippen LogP contribution in [0.25, 0.3) is 0 Å². The van der Waals surface area contributed by atoms with Gasteiger partial charge in [-0.3, -0.25) is 4.98 Å². The van der Waals surface area contributed by atoms with Crippen LogP contribution in [0.15, 0.2) is 36.9 Å². The highest BCUT2D eigenvalue weighted by atomic mass is 15.1. The molecular formula is C15H21N5. The monoisotopic (exact) mass is 271 g/mol. The Morgan fingerprint density at radius 2 is 1.75 bits per heavy atom. The van der Waals surface area contributed by atoms with E-state index in [4.69, 9.17) is 0 Å². The fraction of sp³-hybridized carbons (Fsp3) is 0.400. The van der Waals surface area contributed by atoms with Crippen molar-refractivity contribution in [3.8, 4) is 0 Å². The summed E-state index contributed by atoms with van der Waals surface area (Å²) in [6.45, 7) is 6.08. The highest BCUT2D eigenvalue weighted by Gasteiger charge is 1.99. The van der Waals surface area contributed by atoms with Crippen LogP contribution in [0.1, 0.15) is 25.8 Å². The molecule has 2 aromatic rings. The Morgan fingerprint density at radius 3 is 2.45 bits per heavy atom. The number of nitrogens with one attached hydrogen (secondary N) is 2. The van der Waals surface area contributed by atoms with Crippen LogP contribution in [0.5, 0.6) is 0 Å². The van der Waals surface area contributed by atoms with E-state index in [1.807, 2.05) is 18.2 Å². The van der Waals surface area contributed by atoms with Crippen LogP contribution in [-0.4, -0.2) is 21.5 Å². The minimum Gasteiger partial charge on any atom is -0.370 e. The maximum absolute atomic E-state index is 4.22. The standard InChI is InChI=1S/C15H21N5/c1-12(2)3-8-17-14-9-15(20-11-19-14)18-10-13-4-6-16-7-5-13/h4-7,9,11-12H,3,8,10H2,1-2H3,(H2,17,18,19,20). The van der Waals surface area contributed by atoms with Crippen LogP contribution < -0.4 is 10.6 Å². The molecule has 0 aromatic carbocycles. The number of pyridine rings is 1. The van der Waals surface area contributed by atoms with Gasteiger partial charge in [0.05, 0.1) is 0 Å². The molecule has 0 amide bonds. The lowest BCUT2D eigenvalue weighted by Crippen LogP contribution is -2.08. The minimum atomic E-state index is 0.689. The van der Waals surface area contributed by atoms with Crippen molar-refractivity contribution in [1.82, 2.24) is 15.0 Å². The molecule has 2 rings (SSSR count). The molecule has 0 saturated heterocycles. The van der Waals surface area contributed by atoms with Crippen molar-refractivity contribution in [2.24, 2.45) is 5.92 Å². The topological polar surface area (TPSA) is 62.7 Å². The summed E-state index contributed by atoms with van der Waals surface area (Å²) >= 11 is 0. The smallest absolute Gasteiger partial charge is 0.131 e. The molecule has 0 aliphatic carbocycles. The second kappa shape index (κ2) is 7.43. The summed E-state index contributed by atoms with van der Waals surface area (Å²) in [5, 5.41) is 6.60. The predicted molar refractivity (Wildman–Crippen MR) is 81.5 cm³/mol. The van der Waals surface area contributed by atoms with Crippen molar-refractivity contribution < 1.29 is 0 Å². The first kappa shape index (κ1) is 14.2. The van der Waals surface area contributed by atoms with Crippen molar-refractivity contribution in [2.45, 2.75) is 26.8 Å². The molecule has 20 heavy (non-hydrogen) atoms. The maximum Gasteiger partial charge on any atom is 0.131 e. The second-order valence-corrected chi connectivity index (χ2v) is 5.11. The zero-order valence-corrected chi connectivity index (χ0v) is 12.0. The summed E-state index contributed by atoms with van der Waals surface area (Å²) in [5.41, 5.74) is 1.17. The Kier molecular flexibility index (Phi) is 5.29. The third-order valence-corrected chi connectivity index (χ3v) is 2.92. The van der Waals surface area contributed by atoms with Crippen molar-refractivity contribution in [3.63, 3.8) is 0 Å². The molecule has 2 N–H and O–H groups in total. The van der Waals surface area contributed by atoms with Gasteiger partial charge in [-0.2, -0.15) is 0 Å². The average molecular weight is 271 g/mol. The third-order valence-electron chi connectivity index (χ3n) is 2.92. The van der Waals surface area contributed by atoms with Gasteiger partial charge in [-0.25, -0.2) is 9.97 Å². The van der Waals surface area contributed by atoms with Gasteiger partial charge in [0.15, 0.2) is 0 Å². The van der Waals surface area contributed by atoms with Crippen molar-refractivity contribution in [3.05, 3.63) is 42.5 Å². The Morgan fingerprint density at radius 1 is 1.05 bits per heavy atom. The van der Waals surface area contributed by atoms with Crippen LogP contribution in [0.3, 0.4) is 0 Å². The lowest BCUT2D eigenvalue weighted by molar-refractivity contribution is 0.606. The van der Waals surface area contributed by atoms with Crippen molar-refractivity contribution >= 4 is 11.6 Å². The first-order valence-electron chi connectivity index (χ1n) is 6.92. The van der Waals surface area contributed by atoms with E-state index >= 15 is 0 Å². The van der Waals surface area contributed by atoms with Crippen LogP contribution in [0.2, 0.25) is 0 Å². The zero-order valence-electron chi connectivity index (χ0n) is 12.0. The van der Waals surface area contributed by atoms with Gasteiger partial charge in [-0.15, -0.1) is 0 Å². The molecular weight excluding hydrogens is 250 g/mol. The van der Waals surface area contributed by atoms with Gasteiger partial charge in [-0.1, -0.05) is 13.8 Å². The first-order chi connectivity index (χ1) is 9.74. The molecule has 0 aliphatic rings. The van der Waals surface area contributed by atoms with Crippen LogP contribution >= 0.6 is 0 Å². The van der Waals surface area contributed by atoms with E-state index < -0.39 is 0 Å². The van der Waals surface area contributed by atoms with Gasteiger partial charge < -0.3 is 10.6 Å². The van der Waals surface area contributed by atoms with Gasteiger partial charge in [0.2, 0.25) is 0 Å². The number of nitrogens with zero attached hydrogens (tertiary/aromatic N) is 3. The van der Waals surface area contributed by atoms with E-state index in [1.165, 1.54) is 5.56 Å². The van der Waals surface area contributed by atoms with E-state index in [0.717, 1.165) is 31.1 Å². The molecule has 2 heterocycles. The SMILES string of the molecule is CC(C)CCNc1cc(NCc2ccncc2)ncn1. The number of rotatable bonds is 7. The molecule has 0 radical (unpaired) electrons. The Hall–Kier alpha value is -2.17. The van der Waals surface area contributed by atoms with Gasteiger partial charge in [-0.05, 0) is 30.0 Å². The van der Waals surface area contributed by atoms with Gasteiger partial charge >= 0.3 is 0 Å². The lowest BCUT2D eigenvalue weighted by atomic mass is 10.1. The molecule has 0 aliphatic heterocycles. The first-order valence-corrected chi connectivity index (χ1v) is 6.92. The van der Waals surface area contributed by atoms with E-state index in [1.54, 1.807) is 18.7 Å². The largest absolute Gasteiger partial charge is 0.370 e. The fourth-order valence-electron chi connectivity index (χ4n) is 1.73. The van der Waals surface area contributed by atoms with Crippen LogP contribution in [0, 0.1) is 5.92 Å². The molecule has 2 aromatic heterocycles. The molecule has 0 fully saturated rings. The number of hydrogen-bond donors (Lipinski definition) is 2. The molecule has 106 valence electrons. The summed E-state index contributed by atoms with van der Waals surface area (Å²) in [4.78, 5) is 12.4. The summed E-state index contributed by atoms with van der Waals surface area (Å²) in [6.07, 6.45) is 6.28. The fourth-order valence-corrected chi connectivity index (χ4v) is 1.73. The van der Waals surface area contributed by atoms with Crippen LogP contribution in [0.4, 0.5) is 11.6 Å². The summed E-state index contributed by atoms with van der Waals surface area (Å²) < 4.78 is 0. The van der Waals surface area contributed by atoms with Crippen LogP contribution in [-0.2, 0) is 6.54 Å². The average Bonchev–Trinajstić information content (AvgIpc) is 2.46. The maximum atomic E-state index is 4.22. The summed E-state index contributed by atoms with van der Waals surface area (Å²) in [7, 11) is 0. The Bertz CT molecular complexity index is 513. The predicted octanol–water partition coefficient (Wildman–Crippen LogP) is 2.94.